The van der Waals surface area contributed by atoms with Crippen LogP contribution in [0, 0.1) is 0 Å². The van der Waals surface area contributed by atoms with Gasteiger partial charge in [-0.2, -0.15) is 0 Å². The van der Waals surface area contributed by atoms with Crippen LogP contribution in [0.2, 0.25) is 0 Å². The van der Waals surface area contributed by atoms with Crippen molar-refractivity contribution in [3.63, 3.8) is 0 Å². The van der Waals surface area contributed by atoms with Crippen LogP contribution < -0.4 is 4.90 Å². The summed E-state index contributed by atoms with van der Waals surface area (Å²) in [5, 5.41) is 8.75. The lowest BCUT2D eigenvalue weighted by atomic mass is 10.2. The Hall–Kier alpha value is -2.37. The Bertz CT molecular complexity index is 565. The molecule has 0 aliphatic rings. The predicted octanol–water partition coefficient (Wildman–Crippen LogP) is 1.00. The maximum atomic E-state index is 10.7. The number of carboxylic acids is 1. The minimum Gasteiger partial charge on any atom is -0.480 e. The van der Waals surface area contributed by atoms with Crippen molar-refractivity contribution >= 4 is 11.8 Å². The number of aromatic nitrogens is 3. The summed E-state index contributed by atoms with van der Waals surface area (Å²) in [4.78, 5) is 20.5. The molecule has 0 amide bonds. The number of hydrogen-bond donors (Lipinski definition) is 1. The van der Waals surface area contributed by atoms with Crippen molar-refractivity contribution < 1.29 is 9.90 Å². The fourth-order valence-corrected chi connectivity index (χ4v) is 1.65. The van der Waals surface area contributed by atoms with Crippen molar-refractivity contribution in [2.24, 2.45) is 7.05 Å². The molecular weight excluding hydrogens is 232 g/mol. The molecule has 1 N–H and O–H groups in total. The highest BCUT2D eigenvalue weighted by Gasteiger charge is 2.09. The summed E-state index contributed by atoms with van der Waals surface area (Å²) in [5.74, 6) is -0.302. The molecule has 0 radical (unpaired) electrons. The van der Waals surface area contributed by atoms with E-state index in [1.807, 2.05) is 30.1 Å². The molecule has 0 spiro atoms. The van der Waals surface area contributed by atoms with Crippen molar-refractivity contribution in [1.82, 2.24) is 14.5 Å². The standard InChI is InChI=1S/C12H14N4O2/c1-15-4-3-9(6-15)10-5-11(14-8-13-10)16(2)7-12(17)18/h3-6,8H,7H2,1-2H3,(H,17,18). The monoisotopic (exact) mass is 246 g/mol. The highest BCUT2D eigenvalue weighted by Crippen LogP contribution is 2.20. The van der Waals surface area contributed by atoms with Gasteiger partial charge in [0.05, 0.1) is 5.69 Å². The molecule has 94 valence electrons. The Kier molecular flexibility index (Phi) is 3.27. The topological polar surface area (TPSA) is 71.2 Å². The molecule has 0 bridgehead atoms. The van der Waals surface area contributed by atoms with Gasteiger partial charge in [0.25, 0.3) is 0 Å². The quantitative estimate of drug-likeness (QED) is 0.871. The summed E-state index contributed by atoms with van der Waals surface area (Å²) in [7, 11) is 3.62. The van der Waals surface area contributed by atoms with Crippen LogP contribution in [-0.4, -0.2) is 39.2 Å². The van der Waals surface area contributed by atoms with Gasteiger partial charge in [0.1, 0.15) is 18.7 Å². The largest absolute Gasteiger partial charge is 0.480 e. The lowest BCUT2D eigenvalue weighted by Gasteiger charge is -2.15. The van der Waals surface area contributed by atoms with E-state index in [4.69, 9.17) is 5.11 Å². The molecular formula is C12H14N4O2. The predicted molar refractivity (Wildman–Crippen MR) is 67.3 cm³/mol. The Morgan fingerprint density at radius 3 is 2.89 bits per heavy atom. The smallest absolute Gasteiger partial charge is 0.323 e. The second kappa shape index (κ2) is 4.87. The van der Waals surface area contributed by atoms with Crippen molar-refractivity contribution in [3.05, 3.63) is 30.9 Å². The number of anilines is 1. The number of carbonyl (C=O) groups is 1. The zero-order valence-electron chi connectivity index (χ0n) is 10.2. The van der Waals surface area contributed by atoms with E-state index in [-0.39, 0.29) is 6.54 Å². The first-order chi connectivity index (χ1) is 8.56. The molecule has 18 heavy (non-hydrogen) atoms. The number of likely N-dealkylation sites (N-methyl/N-ethyl adjacent to an activating group) is 1. The number of aliphatic carboxylic acids is 1. The van der Waals surface area contributed by atoms with E-state index in [1.165, 1.54) is 6.33 Å². The first-order valence-corrected chi connectivity index (χ1v) is 5.43. The number of nitrogens with zero attached hydrogens (tertiary/aromatic N) is 4. The molecule has 6 heteroatoms. The summed E-state index contributed by atoms with van der Waals surface area (Å²) >= 11 is 0. The molecule has 0 saturated heterocycles. The SMILES string of the molecule is CN(CC(=O)O)c1cc(-c2ccn(C)c2)ncn1. The second-order valence-electron chi connectivity index (χ2n) is 4.08. The third-order valence-corrected chi connectivity index (χ3v) is 2.54. The van der Waals surface area contributed by atoms with E-state index in [1.54, 1.807) is 18.0 Å². The Balaban J connectivity index is 2.27. The average Bonchev–Trinajstić information content (AvgIpc) is 2.75. The molecule has 2 rings (SSSR count). The minimum absolute atomic E-state index is 0.0920. The minimum atomic E-state index is -0.891. The number of hydrogen-bond acceptors (Lipinski definition) is 4. The van der Waals surface area contributed by atoms with Crippen LogP contribution in [0.15, 0.2) is 30.9 Å². The zero-order valence-corrected chi connectivity index (χ0v) is 10.2. The van der Waals surface area contributed by atoms with E-state index in [2.05, 4.69) is 9.97 Å². The van der Waals surface area contributed by atoms with Gasteiger partial charge >= 0.3 is 5.97 Å². The third-order valence-electron chi connectivity index (χ3n) is 2.54. The van der Waals surface area contributed by atoms with Gasteiger partial charge in [0, 0.05) is 38.1 Å². The van der Waals surface area contributed by atoms with Gasteiger partial charge in [0.15, 0.2) is 0 Å². The van der Waals surface area contributed by atoms with Crippen LogP contribution in [0.3, 0.4) is 0 Å². The van der Waals surface area contributed by atoms with Crippen molar-refractivity contribution in [3.8, 4) is 11.3 Å². The summed E-state index contributed by atoms with van der Waals surface area (Å²) in [6.07, 6.45) is 5.32. The summed E-state index contributed by atoms with van der Waals surface area (Å²) in [6, 6.07) is 3.72. The van der Waals surface area contributed by atoms with Crippen LogP contribution in [0.5, 0.6) is 0 Å². The maximum Gasteiger partial charge on any atom is 0.323 e. The maximum absolute atomic E-state index is 10.7. The highest BCUT2D eigenvalue weighted by molar-refractivity contribution is 5.73. The lowest BCUT2D eigenvalue weighted by molar-refractivity contribution is -0.135. The van der Waals surface area contributed by atoms with Crippen LogP contribution >= 0.6 is 0 Å². The fraction of sp³-hybridized carbons (Fsp3) is 0.250. The number of carboxylic acid groups (broad SMARTS) is 1. The second-order valence-corrected chi connectivity index (χ2v) is 4.08. The average molecular weight is 246 g/mol. The zero-order chi connectivity index (χ0) is 13.1. The summed E-state index contributed by atoms with van der Waals surface area (Å²) in [6.45, 7) is -0.0920. The first kappa shape index (κ1) is 12.1. The normalized spacial score (nSPS) is 10.3. The fourth-order valence-electron chi connectivity index (χ4n) is 1.65. The Morgan fingerprint density at radius 2 is 2.28 bits per heavy atom. The number of aryl methyl sites for hydroxylation is 1. The molecule has 6 nitrogen and oxygen atoms in total. The van der Waals surface area contributed by atoms with Crippen LogP contribution in [0.4, 0.5) is 5.82 Å². The lowest BCUT2D eigenvalue weighted by Crippen LogP contribution is -2.25. The van der Waals surface area contributed by atoms with Crippen LogP contribution in [0.1, 0.15) is 0 Å². The molecule has 0 aliphatic heterocycles. The van der Waals surface area contributed by atoms with Gasteiger partial charge in [-0.05, 0) is 6.07 Å². The van der Waals surface area contributed by atoms with Gasteiger partial charge in [-0.15, -0.1) is 0 Å². The molecule has 0 aromatic carbocycles. The van der Waals surface area contributed by atoms with E-state index in [0.717, 1.165) is 11.3 Å². The van der Waals surface area contributed by atoms with E-state index >= 15 is 0 Å². The molecule has 0 saturated carbocycles. The molecule has 2 aromatic rings. The Labute approximate surface area is 105 Å². The van der Waals surface area contributed by atoms with E-state index in [9.17, 15) is 4.79 Å². The molecule has 2 aromatic heterocycles. The number of rotatable bonds is 4. The first-order valence-electron chi connectivity index (χ1n) is 5.43. The van der Waals surface area contributed by atoms with Gasteiger partial charge in [-0.3, -0.25) is 4.79 Å². The summed E-state index contributed by atoms with van der Waals surface area (Å²) < 4.78 is 1.93. The van der Waals surface area contributed by atoms with Crippen molar-refractivity contribution in [2.45, 2.75) is 0 Å². The van der Waals surface area contributed by atoms with Gasteiger partial charge < -0.3 is 14.6 Å². The third kappa shape index (κ3) is 2.65. The molecule has 0 aliphatic carbocycles. The van der Waals surface area contributed by atoms with E-state index in [0.29, 0.717) is 5.82 Å². The van der Waals surface area contributed by atoms with Gasteiger partial charge in [-0.1, -0.05) is 0 Å². The molecule has 0 unspecified atom stereocenters. The van der Waals surface area contributed by atoms with Crippen molar-refractivity contribution in [2.75, 3.05) is 18.5 Å². The molecule has 0 fully saturated rings. The highest BCUT2D eigenvalue weighted by atomic mass is 16.4. The van der Waals surface area contributed by atoms with Crippen LogP contribution in [0.25, 0.3) is 11.3 Å². The van der Waals surface area contributed by atoms with Crippen LogP contribution in [-0.2, 0) is 11.8 Å². The van der Waals surface area contributed by atoms with Crippen molar-refractivity contribution in [1.29, 1.82) is 0 Å². The Morgan fingerprint density at radius 1 is 1.50 bits per heavy atom. The molecule has 0 atom stereocenters. The summed E-state index contributed by atoms with van der Waals surface area (Å²) in [5.41, 5.74) is 1.75. The molecule has 2 heterocycles. The van der Waals surface area contributed by atoms with Gasteiger partial charge in [0.2, 0.25) is 0 Å². The van der Waals surface area contributed by atoms with E-state index < -0.39 is 5.97 Å². The van der Waals surface area contributed by atoms with Gasteiger partial charge in [-0.25, -0.2) is 9.97 Å².